The number of guanidine groups is 2. The highest BCUT2D eigenvalue weighted by molar-refractivity contribution is 7.80. The number of amides is 9. The molecule has 3 fully saturated rings. The molecule has 0 saturated carbocycles. The molecule has 9 atom stereocenters. The first-order valence-corrected chi connectivity index (χ1v) is 28.8. The first-order valence-electron chi connectivity index (χ1n) is 28.1. The molecule has 17 N–H and O–H groups in total. The fraction of sp³-hybridized carbons (Fsp3) is 0.582. The van der Waals surface area contributed by atoms with Crippen LogP contribution in [-0.2, 0) is 60.7 Å². The Morgan fingerprint density at radius 1 is 0.663 bits per heavy atom. The first kappa shape index (κ1) is 66.2. The predicted octanol–water partition coefficient (Wildman–Crippen LogP) is -3.77. The number of aliphatic hydroxyl groups excluding tert-OH is 1. The van der Waals surface area contributed by atoms with E-state index in [4.69, 9.17) is 33.4 Å². The molecule has 83 heavy (non-hydrogen) atoms. The Kier molecular flexibility index (Phi) is 26.8. The number of carbonyl (C=O) groups is 9. The number of aliphatic hydroxyl groups is 1. The highest BCUT2D eigenvalue weighted by atomic mass is 32.1. The third-order valence-corrected chi connectivity index (χ3v) is 14.6. The molecule has 0 aliphatic carbocycles. The summed E-state index contributed by atoms with van der Waals surface area (Å²) < 4.78 is 5.43. The molecule has 3 aliphatic heterocycles. The van der Waals surface area contributed by atoms with Crippen molar-refractivity contribution in [3.63, 3.8) is 0 Å². The Morgan fingerprint density at radius 2 is 1.18 bits per heavy atom. The van der Waals surface area contributed by atoms with Crippen LogP contribution in [0.2, 0.25) is 0 Å². The fourth-order valence-corrected chi connectivity index (χ4v) is 10.3. The van der Waals surface area contributed by atoms with E-state index >= 15 is 0 Å². The summed E-state index contributed by atoms with van der Waals surface area (Å²) in [6, 6.07) is 8.32. The monoisotopic (exact) mass is 1180 g/mol. The molecule has 5 rings (SSSR count). The van der Waals surface area contributed by atoms with Crippen molar-refractivity contribution in [2.75, 3.05) is 64.8 Å². The van der Waals surface area contributed by atoms with Crippen LogP contribution in [0.25, 0.3) is 0 Å². The average molecular weight is 1180 g/mol. The van der Waals surface area contributed by atoms with Crippen LogP contribution >= 0.6 is 12.6 Å². The second kappa shape index (κ2) is 33.5. The van der Waals surface area contributed by atoms with Gasteiger partial charge >= 0.3 is 0 Å². The molecule has 3 heterocycles. The third kappa shape index (κ3) is 21.3. The van der Waals surface area contributed by atoms with Crippen LogP contribution in [0.4, 0.5) is 0 Å². The zero-order valence-corrected chi connectivity index (χ0v) is 48.2. The minimum Gasteiger partial charge on any atom is -0.391 e. The lowest BCUT2D eigenvalue weighted by Crippen LogP contribution is -2.60. The zero-order chi connectivity index (χ0) is 60.6. The van der Waals surface area contributed by atoms with Crippen LogP contribution in [-0.4, -0.2) is 204 Å². The number of nitrogens with zero attached hydrogens (tertiary/aromatic N) is 5. The summed E-state index contributed by atoms with van der Waals surface area (Å²) in [5, 5.41) is 26.9. The standard InChI is InChI=1S/C55H84N16O11S/c1-33(2)26-39(46(74)65-38(17-10-20-62-55(59)60)52(80)69-22-24-82-25-23-69)66-48(76)41(28-35-14-7-4-8-15-35)67-49(77)42(32-83)68-47(75)40(27-34-12-5-3-6-13-34)64-45(73)30-63-50(78)44-29-36(72)31-71(44)53(81)43-18-11-21-70(43)51(79)37(56)16-9-19-61-54(57)58/h3-8,12-15,33,36-44,72,83H,9-11,16-32,56H2,1-2H3,(H,63,78)(H,64,73)(H,65,74)(H,66,76)(H,67,77)(H,68,75)(H4,57,58,61)(H4,59,60,62)/t36-,37+,38-,39+,40+,41-,42+,43+,44+/m1/s1. The minimum absolute atomic E-state index is 0.0359. The van der Waals surface area contributed by atoms with E-state index in [9.17, 15) is 48.3 Å². The van der Waals surface area contributed by atoms with E-state index in [-0.39, 0.29) is 94.2 Å². The molecule has 2 aromatic rings. The van der Waals surface area contributed by atoms with Gasteiger partial charge in [-0.3, -0.25) is 53.1 Å². The largest absolute Gasteiger partial charge is 0.391 e. The van der Waals surface area contributed by atoms with Crippen LogP contribution in [0.1, 0.15) is 76.3 Å². The number of aliphatic imine (C=N–C) groups is 2. The van der Waals surface area contributed by atoms with Gasteiger partial charge in [0, 0.05) is 64.3 Å². The summed E-state index contributed by atoms with van der Waals surface area (Å²) in [5.74, 6) is -6.42. The molecule has 0 spiro atoms. The number of likely N-dealkylation sites (tertiary alicyclic amines) is 2. The number of β-amino-alcohol motifs (C(OH)–C–C–N with tert-alkyl or cyclic N) is 1. The number of carbonyl (C=O) groups excluding carboxylic acids is 9. The number of rotatable bonds is 30. The van der Waals surface area contributed by atoms with Crippen molar-refractivity contribution < 1.29 is 53.0 Å². The van der Waals surface area contributed by atoms with Gasteiger partial charge in [-0.1, -0.05) is 74.5 Å². The Hall–Kier alpha value is -7.56. The van der Waals surface area contributed by atoms with Crippen LogP contribution < -0.4 is 60.6 Å². The van der Waals surface area contributed by atoms with E-state index < -0.39 is 108 Å². The van der Waals surface area contributed by atoms with E-state index in [0.29, 0.717) is 63.1 Å². The number of nitrogens with one attached hydrogen (secondary N) is 6. The quantitative estimate of drug-likeness (QED) is 0.0155. The van der Waals surface area contributed by atoms with Gasteiger partial charge in [-0.05, 0) is 62.0 Å². The number of hydrogen-bond donors (Lipinski definition) is 13. The summed E-state index contributed by atoms with van der Waals surface area (Å²) in [6.45, 7) is 4.96. The molecule has 456 valence electrons. The average Bonchev–Trinajstić information content (AvgIpc) is 4.02. The van der Waals surface area contributed by atoms with Crippen LogP contribution in [0.5, 0.6) is 0 Å². The molecule has 0 radical (unpaired) electrons. The van der Waals surface area contributed by atoms with Crippen molar-refractivity contribution in [3.05, 3.63) is 71.8 Å². The Bertz CT molecular complexity index is 2570. The van der Waals surface area contributed by atoms with Gasteiger partial charge in [-0.15, -0.1) is 0 Å². The molecule has 3 aliphatic rings. The maximum absolute atomic E-state index is 14.4. The van der Waals surface area contributed by atoms with Gasteiger partial charge in [0.05, 0.1) is 31.9 Å². The number of morpholine rings is 1. The molecule has 0 aromatic heterocycles. The predicted molar refractivity (Wildman–Crippen MR) is 312 cm³/mol. The van der Waals surface area contributed by atoms with Gasteiger partial charge in [0.1, 0.15) is 42.3 Å². The van der Waals surface area contributed by atoms with Crippen molar-refractivity contribution in [1.29, 1.82) is 0 Å². The van der Waals surface area contributed by atoms with Gasteiger partial charge in [0.25, 0.3) is 0 Å². The fourth-order valence-electron chi connectivity index (χ4n) is 10.0. The van der Waals surface area contributed by atoms with E-state index in [0.717, 1.165) is 0 Å². The summed E-state index contributed by atoms with van der Waals surface area (Å²) in [7, 11) is 0. The van der Waals surface area contributed by atoms with E-state index in [1.807, 2.05) is 13.8 Å². The maximum Gasteiger partial charge on any atom is 0.246 e. The number of benzene rings is 2. The van der Waals surface area contributed by atoms with Crippen molar-refractivity contribution >= 4 is 77.7 Å². The number of thiol groups is 1. The molecule has 3 saturated heterocycles. The second-order valence-electron chi connectivity index (χ2n) is 21.3. The van der Waals surface area contributed by atoms with E-state index in [1.54, 1.807) is 65.6 Å². The van der Waals surface area contributed by atoms with E-state index in [1.165, 1.54) is 9.80 Å². The van der Waals surface area contributed by atoms with E-state index in [2.05, 4.69) is 54.5 Å². The molecule has 0 unspecified atom stereocenters. The summed E-state index contributed by atoms with van der Waals surface area (Å²) >= 11 is 4.38. The van der Waals surface area contributed by atoms with Crippen LogP contribution in [0.15, 0.2) is 70.6 Å². The molecular weight excluding hydrogens is 1090 g/mol. The lowest BCUT2D eigenvalue weighted by atomic mass is 10.00. The highest BCUT2D eigenvalue weighted by Gasteiger charge is 2.45. The van der Waals surface area contributed by atoms with Crippen LogP contribution in [0, 0.1) is 5.92 Å². The Labute approximate surface area is 489 Å². The van der Waals surface area contributed by atoms with Crippen molar-refractivity contribution in [2.45, 2.75) is 132 Å². The van der Waals surface area contributed by atoms with Crippen molar-refractivity contribution in [2.24, 2.45) is 44.6 Å². The number of nitrogens with two attached hydrogens (primary N) is 5. The van der Waals surface area contributed by atoms with Gasteiger partial charge in [-0.2, -0.15) is 12.6 Å². The number of ether oxygens (including phenoxy) is 1. The first-order chi connectivity index (χ1) is 39.6. The Balaban J connectivity index is 1.26. The normalized spacial score (nSPS) is 19.0. The highest BCUT2D eigenvalue weighted by Crippen LogP contribution is 2.26. The SMILES string of the molecule is CC(C)C[C@H](NC(=O)[C@@H](Cc1ccccc1)NC(=O)[C@H](CS)NC(=O)[C@H](Cc1ccccc1)NC(=O)CNC(=O)[C@@H]1C[C@@H](O)CN1C(=O)[C@@H]1CCCN1C(=O)[C@@H](N)CCCN=C(N)N)C(=O)N[C@H](CCCN=C(N)N)C(=O)N1CCOCC1. The topological polar surface area (TPSA) is 420 Å². The molecule has 0 bridgehead atoms. The lowest BCUT2D eigenvalue weighted by Gasteiger charge is -2.32. The van der Waals surface area contributed by atoms with Gasteiger partial charge < -0.3 is 85.1 Å². The lowest BCUT2D eigenvalue weighted by molar-refractivity contribution is -0.147. The van der Waals surface area contributed by atoms with Gasteiger partial charge in [0.2, 0.25) is 53.2 Å². The van der Waals surface area contributed by atoms with Crippen molar-refractivity contribution in [3.8, 4) is 0 Å². The molecular formula is C55H84N16O11S. The van der Waals surface area contributed by atoms with Gasteiger partial charge in [-0.25, -0.2) is 0 Å². The zero-order valence-electron chi connectivity index (χ0n) is 47.3. The van der Waals surface area contributed by atoms with Gasteiger partial charge in [0.15, 0.2) is 11.9 Å². The smallest absolute Gasteiger partial charge is 0.246 e. The summed E-state index contributed by atoms with van der Waals surface area (Å²) in [5.41, 5.74) is 29.3. The minimum atomic E-state index is -1.37. The maximum atomic E-state index is 14.4. The summed E-state index contributed by atoms with van der Waals surface area (Å²) in [4.78, 5) is 138. The number of hydrogen-bond acceptors (Lipinski definition) is 15. The Morgan fingerprint density at radius 3 is 1.75 bits per heavy atom. The van der Waals surface area contributed by atoms with Crippen molar-refractivity contribution in [1.82, 2.24) is 46.6 Å². The summed E-state index contributed by atoms with van der Waals surface area (Å²) in [6.07, 6.45) is 0.913. The van der Waals surface area contributed by atoms with Crippen LogP contribution in [0.3, 0.4) is 0 Å². The third-order valence-electron chi connectivity index (χ3n) is 14.3. The molecule has 2 aromatic carbocycles. The molecule has 9 amide bonds. The molecule has 28 heteroatoms. The molecule has 27 nitrogen and oxygen atoms in total. The second-order valence-corrected chi connectivity index (χ2v) is 21.7.